The zero-order valence-corrected chi connectivity index (χ0v) is 18.1. The van der Waals surface area contributed by atoms with Gasteiger partial charge in [0.05, 0.1) is 17.2 Å². The van der Waals surface area contributed by atoms with Gasteiger partial charge in [-0.1, -0.05) is 5.92 Å². The standard InChI is InChI=1S/C24H26N2O6/c1-4-5-11-6-7-16(27)18-13(11)8-12-9-15-19(26(2)3)20(28)14(23(25)31)10-24(15,32)22(30)17(12)21(18)29/h6-7,12,15,19,27-29,32H,8-10H2,1-3H3,(H2,25,31). The van der Waals surface area contributed by atoms with Crippen LogP contribution in [-0.2, 0) is 16.0 Å². The number of aliphatic hydroxyl groups is 3. The normalized spacial score (nSPS) is 29.2. The first-order valence-corrected chi connectivity index (χ1v) is 10.4. The number of Topliss-reactive ketones (excluding diaryl/α,β-unsaturated/α-hetero) is 1. The van der Waals surface area contributed by atoms with Crippen molar-refractivity contribution in [2.75, 3.05) is 14.1 Å². The van der Waals surface area contributed by atoms with Crippen molar-refractivity contribution in [1.82, 2.24) is 4.90 Å². The molecule has 1 saturated carbocycles. The number of aliphatic hydroxyl groups excluding tert-OH is 2. The van der Waals surface area contributed by atoms with Crippen LogP contribution >= 0.6 is 0 Å². The highest BCUT2D eigenvalue weighted by molar-refractivity contribution is 6.10. The van der Waals surface area contributed by atoms with Crippen molar-refractivity contribution in [3.63, 3.8) is 0 Å². The smallest absolute Gasteiger partial charge is 0.248 e. The lowest BCUT2D eigenvalue weighted by Crippen LogP contribution is -2.62. The number of hydrogen-bond acceptors (Lipinski definition) is 7. The summed E-state index contributed by atoms with van der Waals surface area (Å²) in [7, 11) is 3.36. The fourth-order valence-corrected chi connectivity index (χ4v) is 5.59. The maximum atomic E-state index is 13.6. The summed E-state index contributed by atoms with van der Waals surface area (Å²) in [6.07, 6.45) is 0.166. The van der Waals surface area contributed by atoms with Crippen LogP contribution in [0.15, 0.2) is 29.0 Å². The van der Waals surface area contributed by atoms with Crippen LogP contribution in [0, 0.1) is 23.7 Å². The molecule has 3 aliphatic rings. The molecule has 0 bridgehead atoms. The fourth-order valence-electron chi connectivity index (χ4n) is 5.59. The highest BCUT2D eigenvalue weighted by Gasteiger charge is 2.60. The van der Waals surface area contributed by atoms with Gasteiger partial charge in [-0.3, -0.25) is 14.5 Å². The summed E-state index contributed by atoms with van der Waals surface area (Å²) < 4.78 is 0. The lowest BCUT2D eigenvalue weighted by molar-refractivity contribution is -0.151. The van der Waals surface area contributed by atoms with Crippen molar-refractivity contribution in [1.29, 1.82) is 0 Å². The second-order valence-corrected chi connectivity index (χ2v) is 8.93. The molecule has 4 atom stereocenters. The van der Waals surface area contributed by atoms with Gasteiger partial charge >= 0.3 is 0 Å². The van der Waals surface area contributed by atoms with E-state index in [4.69, 9.17) is 5.73 Å². The number of phenolic OH excluding ortho intramolecular Hbond substituents is 1. The van der Waals surface area contributed by atoms with Crippen LogP contribution in [-0.4, -0.2) is 62.8 Å². The topological polar surface area (TPSA) is 144 Å². The van der Waals surface area contributed by atoms with E-state index in [0.29, 0.717) is 17.5 Å². The number of aromatic hydroxyl groups is 1. The first kappa shape index (κ1) is 21.9. The number of rotatable bonds is 2. The number of likely N-dealkylation sites (N-methyl/N-ethyl adjacent to an activating group) is 1. The molecule has 1 amide bonds. The van der Waals surface area contributed by atoms with Gasteiger partial charge in [0, 0.05) is 23.5 Å². The number of nitrogens with two attached hydrogens (primary N) is 1. The summed E-state index contributed by atoms with van der Waals surface area (Å²) in [4.78, 5) is 27.3. The summed E-state index contributed by atoms with van der Waals surface area (Å²) in [6.45, 7) is 1.68. The molecule has 0 spiro atoms. The molecule has 1 aromatic carbocycles. The molecule has 0 saturated heterocycles. The van der Waals surface area contributed by atoms with Gasteiger partial charge in [-0.05, 0) is 57.5 Å². The van der Waals surface area contributed by atoms with E-state index in [1.807, 2.05) is 0 Å². The molecule has 0 radical (unpaired) electrons. The zero-order chi connectivity index (χ0) is 23.5. The molecule has 0 aliphatic heterocycles. The van der Waals surface area contributed by atoms with Crippen molar-refractivity contribution in [2.45, 2.75) is 37.8 Å². The Kier molecular flexibility index (Phi) is 5.07. The SMILES string of the molecule is CC#Cc1ccc(O)c2c1CC1CC3C(N(C)C)C(O)=C(C(N)=O)CC3(O)C(=O)C1=C2O. The number of ketones is 1. The van der Waals surface area contributed by atoms with Crippen LogP contribution < -0.4 is 5.73 Å². The summed E-state index contributed by atoms with van der Waals surface area (Å²) in [5.74, 6) is 2.17. The predicted octanol–water partition coefficient (Wildman–Crippen LogP) is 1.16. The number of hydrogen-bond donors (Lipinski definition) is 5. The highest BCUT2D eigenvalue weighted by atomic mass is 16.3. The number of fused-ring (bicyclic) bond motifs is 3. The molecular formula is C24H26N2O6. The number of carbonyl (C=O) groups excluding carboxylic acids is 2. The molecule has 8 heteroatoms. The van der Waals surface area contributed by atoms with Crippen LogP contribution in [0.1, 0.15) is 36.5 Å². The number of nitrogens with zero attached hydrogens (tertiary/aromatic N) is 1. The number of amides is 1. The van der Waals surface area contributed by atoms with Crippen molar-refractivity contribution in [3.05, 3.63) is 45.7 Å². The predicted molar refractivity (Wildman–Crippen MR) is 116 cm³/mol. The van der Waals surface area contributed by atoms with Gasteiger partial charge in [-0.25, -0.2) is 0 Å². The minimum absolute atomic E-state index is 0.0240. The molecule has 1 aromatic rings. The summed E-state index contributed by atoms with van der Waals surface area (Å²) >= 11 is 0. The third-order valence-corrected chi connectivity index (χ3v) is 6.96. The van der Waals surface area contributed by atoms with Gasteiger partial charge in [0.2, 0.25) is 5.91 Å². The average Bonchev–Trinajstić information content (AvgIpc) is 2.71. The number of benzene rings is 1. The van der Waals surface area contributed by atoms with Gasteiger partial charge in [-0.15, -0.1) is 5.92 Å². The maximum absolute atomic E-state index is 13.6. The molecular weight excluding hydrogens is 412 g/mol. The summed E-state index contributed by atoms with van der Waals surface area (Å²) in [5.41, 5.74) is 4.64. The Labute approximate surface area is 185 Å². The van der Waals surface area contributed by atoms with E-state index in [9.17, 15) is 30.0 Å². The summed E-state index contributed by atoms with van der Waals surface area (Å²) in [5, 5.41) is 43.9. The quantitative estimate of drug-likeness (QED) is 0.436. The first-order chi connectivity index (χ1) is 15.0. The Morgan fingerprint density at radius 3 is 2.53 bits per heavy atom. The molecule has 168 valence electrons. The molecule has 8 nitrogen and oxygen atoms in total. The highest BCUT2D eigenvalue weighted by Crippen LogP contribution is 2.53. The molecule has 1 fully saturated rings. The van der Waals surface area contributed by atoms with E-state index in [-0.39, 0.29) is 40.4 Å². The Morgan fingerprint density at radius 1 is 1.25 bits per heavy atom. The molecule has 0 heterocycles. The molecule has 3 aliphatic carbocycles. The van der Waals surface area contributed by atoms with Gasteiger partial charge in [-0.2, -0.15) is 0 Å². The third-order valence-electron chi connectivity index (χ3n) is 6.96. The van der Waals surface area contributed by atoms with E-state index in [1.54, 1.807) is 32.0 Å². The third kappa shape index (κ3) is 2.93. The average molecular weight is 438 g/mol. The molecule has 32 heavy (non-hydrogen) atoms. The Balaban J connectivity index is 1.92. The molecule has 0 aromatic heterocycles. The second kappa shape index (κ2) is 7.40. The van der Waals surface area contributed by atoms with Crippen molar-refractivity contribution >= 4 is 17.4 Å². The molecule has 4 unspecified atom stereocenters. The van der Waals surface area contributed by atoms with Crippen LogP contribution in [0.25, 0.3) is 5.76 Å². The lowest BCUT2D eigenvalue weighted by atomic mass is 9.57. The minimum atomic E-state index is -2.03. The van der Waals surface area contributed by atoms with E-state index < -0.39 is 41.6 Å². The van der Waals surface area contributed by atoms with E-state index in [0.717, 1.165) is 0 Å². The summed E-state index contributed by atoms with van der Waals surface area (Å²) in [6, 6.07) is 2.28. The van der Waals surface area contributed by atoms with Crippen LogP contribution in [0.3, 0.4) is 0 Å². The van der Waals surface area contributed by atoms with E-state index >= 15 is 0 Å². The minimum Gasteiger partial charge on any atom is -0.510 e. The van der Waals surface area contributed by atoms with Gasteiger partial charge < -0.3 is 26.2 Å². The van der Waals surface area contributed by atoms with Gasteiger partial charge in [0.15, 0.2) is 5.78 Å². The van der Waals surface area contributed by atoms with E-state index in [2.05, 4.69) is 11.8 Å². The Morgan fingerprint density at radius 2 is 1.94 bits per heavy atom. The lowest BCUT2D eigenvalue weighted by Gasteiger charge is -2.51. The van der Waals surface area contributed by atoms with Crippen molar-refractivity contribution in [3.8, 4) is 17.6 Å². The monoisotopic (exact) mass is 438 g/mol. The first-order valence-electron chi connectivity index (χ1n) is 10.4. The number of carbonyl (C=O) groups is 2. The maximum Gasteiger partial charge on any atom is 0.248 e. The fraction of sp³-hybridized carbons (Fsp3) is 0.417. The van der Waals surface area contributed by atoms with Crippen LogP contribution in [0.5, 0.6) is 5.75 Å². The Bertz CT molecular complexity index is 1170. The van der Waals surface area contributed by atoms with Crippen molar-refractivity contribution < 1.29 is 30.0 Å². The van der Waals surface area contributed by atoms with E-state index in [1.165, 1.54) is 6.07 Å². The number of phenols is 1. The second-order valence-electron chi connectivity index (χ2n) is 8.93. The largest absolute Gasteiger partial charge is 0.510 e. The van der Waals surface area contributed by atoms with Gasteiger partial charge in [0.25, 0.3) is 0 Å². The zero-order valence-electron chi connectivity index (χ0n) is 18.1. The molecule has 6 N–H and O–H groups in total. The number of primary amides is 1. The van der Waals surface area contributed by atoms with Gasteiger partial charge in [0.1, 0.15) is 22.9 Å². The van der Waals surface area contributed by atoms with Crippen molar-refractivity contribution in [2.24, 2.45) is 17.6 Å². The Hall–Kier alpha value is -3.28. The van der Waals surface area contributed by atoms with Crippen LogP contribution in [0.2, 0.25) is 0 Å². The molecule has 4 rings (SSSR count). The van der Waals surface area contributed by atoms with Crippen LogP contribution in [0.4, 0.5) is 0 Å².